The Morgan fingerprint density at radius 2 is 1.88 bits per heavy atom. The highest BCUT2D eigenvalue weighted by Crippen LogP contribution is 2.41. The zero-order valence-electron chi connectivity index (χ0n) is 21.4. The van der Waals surface area contributed by atoms with Gasteiger partial charge < -0.3 is 19.3 Å². The highest BCUT2D eigenvalue weighted by atomic mass is 16.5. The van der Waals surface area contributed by atoms with E-state index in [1.807, 2.05) is 39.8 Å². The molecule has 5 heteroatoms. The van der Waals surface area contributed by atoms with E-state index in [4.69, 9.17) is 9.47 Å². The van der Waals surface area contributed by atoms with E-state index in [2.05, 4.69) is 37.3 Å². The predicted octanol–water partition coefficient (Wildman–Crippen LogP) is 6.04. The van der Waals surface area contributed by atoms with Crippen molar-refractivity contribution in [3.05, 3.63) is 66.0 Å². The number of carbonyl (C=O) groups is 1. The van der Waals surface area contributed by atoms with Gasteiger partial charge in [0.2, 0.25) is 0 Å². The van der Waals surface area contributed by atoms with Gasteiger partial charge in [0.15, 0.2) is 0 Å². The van der Waals surface area contributed by atoms with E-state index in [9.17, 15) is 9.90 Å². The Morgan fingerprint density at radius 1 is 1.21 bits per heavy atom. The summed E-state index contributed by atoms with van der Waals surface area (Å²) in [5.41, 5.74) is 1.59. The van der Waals surface area contributed by atoms with Gasteiger partial charge in [-0.1, -0.05) is 65.5 Å². The molecule has 0 aliphatic rings. The minimum atomic E-state index is -0.554. The summed E-state index contributed by atoms with van der Waals surface area (Å²) in [6.45, 7) is 16.7. The molecule has 1 atom stereocenters. The lowest BCUT2D eigenvalue weighted by atomic mass is 9.73. The number of hydrogen-bond acceptors (Lipinski definition) is 5. The molecule has 33 heavy (non-hydrogen) atoms. The number of rotatable bonds is 13. The van der Waals surface area contributed by atoms with Gasteiger partial charge in [0.1, 0.15) is 24.7 Å². The van der Waals surface area contributed by atoms with Gasteiger partial charge >= 0.3 is 5.97 Å². The van der Waals surface area contributed by atoms with Gasteiger partial charge in [-0.15, -0.1) is 0 Å². The van der Waals surface area contributed by atoms with Gasteiger partial charge in [0.25, 0.3) is 0 Å². The third-order valence-corrected chi connectivity index (χ3v) is 6.05. The lowest BCUT2D eigenvalue weighted by Crippen LogP contribution is -2.32. The van der Waals surface area contributed by atoms with Crippen molar-refractivity contribution in [2.24, 2.45) is 5.41 Å². The number of aliphatic hydroxyl groups is 1. The first kappa shape index (κ1) is 28.5. The topological polar surface area (TPSA) is 65.0 Å². The zero-order valence-corrected chi connectivity index (χ0v) is 21.4. The Hall–Kier alpha value is -2.53. The van der Waals surface area contributed by atoms with Crippen LogP contribution in [-0.2, 0) is 19.7 Å². The van der Waals surface area contributed by atoms with Crippen LogP contribution in [-0.4, -0.2) is 37.5 Å². The molecule has 0 radical (unpaired) electrons. The number of ether oxygens (including phenoxy) is 3. The van der Waals surface area contributed by atoms with Crippen LogP contribution in [0.5, 0.6) is 5.75 Å². The van der Waals surface area contributed by atoms with Gasteiger partial charge in [-0.2, -0.15) is 0 Å². The van der Waals surface area contributed by atoms with Crippen LogP contribution in [0, 0.1) is 12.3 Å². The first-order valence-corrected chi connectivity index (χ1v) is 11.7. The van der Waals surface area contributed by atoms with Crippen LogP contribution in [0.3, 0.4) is 0 Å². The van der Waals surface area contributed by atoms with Crippen molar-refractivity contribution in [3.63, 3.8) is 0 Å². The molecule has 1 N–H and O–H groups in total. The summed E-state index contributed by atoms with van der Waals surface area (Å²) in [6.07, 6.45) is 8.62. The van der Waals surface area contributed by atoms with E-state index < -0.39 is 6.10 Å². The first-order chi connectivity index (χ1) is 15.5. The van der Waals surface area contributed by atoms with Crippen molar-refractivity contribution in [3.8, 4) is 5.75 Å². The van der Waals surface area contributed by atoms with Crippen LogP contribution in [0.1, 0.15) is 65.0 Å². The molecule has 184 valence electrons. The summed E-state index contributed by atoms with van der Waals surface area (Å²) < 4.78 is 16.7. The third kappa shape index (κ3) is 8.08. The molecule has 0 spiro atoms. The molecule has 0 aliphatic carbocycles. The molecular weight excluding hydrogens is 416 g/mol. The van der Waals surface area contributed by atoms with Crippen molar-refractivity contribution in [2.75, 3.05) is 20.3 Å². The number of methoxy groups -OCH3 is 1. The molecular formula is C28H42O5. The van der Waals surface area contributed by atoms with Crippen molar-refractivity contribution in [1.29, 1.82) is 0 Å². The van der Waals surface area contributed by atoms with E-state index in [-0.39, 0.29) is 23.4 Å². The van der Waals surface area contributed by atoms with E-state index in [1.54, 1.807) is 12.2 Å². The Morgan fingerprint density at radius 3 is 2.39 bits per heavy atom. The van der Waals surface area contributed by atoms with Gasteiger partial charge in [-0.3, -0.25) is 0 Å². The second-order valence-electron chi connectivity index (χ2n) is 9.29. The van der Waals surface area contributed by atoms with Crippen LogP contribution in [0.2, 0.25) is 0 Å². The van der Waals surface area contributed by atoms with Crippen LogP contribution >= 0.6 is 0 Å². The van der Waals surface area contributed by atoms with Crippen LogP contribution in [0.25, 0.3) is 0 Å². The Bertz CT molecular complexity index is 825. The second-order valence-corrected chi connectivity index (χ2v) is 9.29. The number of aliphatic hydroxyl groups excluding tert-OH is 1. The van der Waals surface area contributed by atoms with Crippen LogP contribution < -0.4 is 4.74 Å². The molecule has 0 bridgehead atoms. The fraction of sp³-hybridized carbons (Fsp3) is 0.536. The number of allylic oxidation sites excluding steroid dienone is 3. The number of carbonyl (C=O) groups excluding carboxylic acids is 1. The third-order valence-electron chi connectivity index (χ3n) is 6.05. The van der Waals surface area contributed by atoms with Crippen molar-refractivity contribution >= 4 is 5.97 Å². The van der Waals surface area contributed by atoms with Gasteiger partial charge in [-0.05, 0) is 54.9 Å². The summed E-state index contributed by atoms with van der Waals surface area (Å²) >= 11 is 0. The summed E-state index contributed by atoms with van der Waals surface area (Å²) in [5, 5.41) is 10.3. The molecule has 1 aromatic rings. The zero-order chi connectivity index (χ0) is 25.1. The molecule has 0 heterocycles. The Balaban J connectivity index is 3.26. The number of benzene rings is 1. The van der Waals surface area contributed by atoms with E-state index in [0.29, 0.717) is 13.0 Å². The molecule has 1 aromatic carbocycles. The Labute approximate surface area is 200 Å². The maximum Gasteiger partial charge on any atom is 0.330 e. The minimum Gasteiger partial charge on any atom is -0.493 e. The fourth-order valence-electron chi connectivity index (χ4n) is 3.63. The molecule has 5 nitrogen and oxygen atoms in total. The summed E-state index contributed by atoms with van der Waals surface area (Å²) in [5.74, 6) is 1.25. The highest BCUT2D eigenvalue weighted by molar-refractivity contribution is 5.81. The smallest absolute Gasteiger partial charge is 0.330 e. The molecule has 0 saturated heterocycles. The van der Waals surface area contributed by atoms with E-state index in [1.165, 1.54) is 13.2 Å². The Kier molecular flexibility index (Phi) is 11.4. The molecule has 0 amide bonds. The van der Waals surface area contributed by atoms with Gasteiger partial charge in [-0.25, -0.2) is 4.79 Å². The van der Waals surface area contributed by atoms with Gasteiger partial charge in [0.05, 0.1) is 18.6 Å². The number of aryl methyl sites for hydroxylation is 1. The largest absolute Gasteiger partial charge is 0.493 e. The fourth-order valence-corrected chi connectivity index (χ4v) is 3.63. The minimum absolute atomic E-state index is 0.238. The van der Waals surface area contributed by atoms with Crippen molar-refractivity contribution < 1.29 is 24.1 Å². The standard InChI is InChI=1S/C28H42O5/c1-9-18-32-25(14-12-13-15-26(30)31-8)28(10-2,11-3)22-16-17-23(21(4)19-22)33-20-24(29)27(5,6)7/h9,13-17,19,24,29H,1,10-12,18,20H2,2-8H3/b15-13+,25-14-. The van der Waals surface area contributed by atoms with Crippen LogP contribution in [0.15, 0.2) is 54.8 Å². The summed E-state index contributed by atoms with van der Waals surface area (Å²) in [6, 6.07) is 6.19. The lowest BCUT2D eigenvalue weighted by molar-refractivity contribution is -0.134. The highest BCUT2D eigenvalue weighted by Gasteiger charge is 2.35. The van der Waals surface area contributed by atoms with Crippen LogP contribution in [0.4, 0.5) is 0 Å². The number of esters is 1. The molecule has 0 aromatic heterocycles. The normalized spacial score (nSPS) is 13.6. The molecule has 1 rings (SSSR count). The molecule has 0 fully saturated rings. The molecule has 0 saturated carbocycles. The maximum absolute atomic E-state index is 11.4. The SMILES string of the molecule is C=CCO/C(=C\C/C=C/C(=O)OC)C(CC)(CC)c1ccc(OCC(O)C(C)(C)C)c(C)c1. The quantitative estimate of drug-likeness (QED) is 0.169. The second kappa shape index (κ2) is 13.2. The lowest BCUT2D eigenvalue weighted by Gasteiger charge is -2.35. The average Bonchev–Trinajstić information content (AvgIpc) is 2.78. The maximum atomic E-state index is 11.4. The van der Waals surface area contributed by atoms with Crippen molar-refractivity contribution in [2.45, 2.75) is 72.3 Å². The number of hydrogen-bond donors (Lipinski definition) is 1. The van der Waals surface area contributed by atoms with E-state index >= 15 is 0 Å². The molecule has 0 aliphatic heterocycles. The first-order valence-electron chi connectivity index (χ1n) is 11.7. The predicted molar refractivity (Wildman–Crippen MR) is 134 cm³/mol. The van der Waals surface area contributed by atoms with Crippen molar-refractivity contribution in [1.82, 2.24) is 0 Å². The summed E-state index contributed by atoms with van der Waals surface area (Å²) in [7, 11) is 1.36. The van der Waals surface area contributed by atoms with Gasteiger partial charge in [0, 0.05) is 6.08 Å². The summed E-state index contributed by atoms with van der Waals surface area (Å²) in [4.78, 5) is 11.4. The average molecular weight is 459 g/mol. The molecule has 1 unspecified atom stereocenters. The van der Waals surface area contributed by atoms with E-state index in [0.717, 1.165) is 35.5 Å². The monoisotopic (exact) mass is 458 g/mol.